The number of hydrogen-bond acceptors (Lipinski definition) is 1. The number of carbonyl (C=O) groups excluding carboxylic acids is 1. The van der Waals surface area contributed by atoms with Gasteiger partial charge in [-0.3, -0.25) is 4.79 Å². The van der Waals surface area contributed by atoms with Crippen LogP contribution in [0.2, 0.25) is 0 Å². The van der Waals surface area contributed by atoms with E-state index in [2.05, 4.69) is 0 Å². The Morgan fingerprint density at radius 1 is 1.17 bits per heavy atom. The molecule has 1 amide bonds. The predicted molar refractivity (Wildman–Crippen MR) is 72.8 cm³/mol. The van der Waals surface area contributed by atoms with Crippen LogP contribution in [0.3, 0.4) is 0 Å². The molecule has 9 heteroatoms. The van der Waals surface area contributed by atoms with Crippen LogP contribution in [0.5, 0.6) is 0 Å². The zero-order valence-electron chi connectivity index (χ0n) is 12.9. The van der Waals surface area contributed by atoms with E-state index in [1.807, 2.05) is 5.32 Å². The summed E-state index contributed by atoms with van der Waals surface area (Å²) in [5.41, 5.74) is -2.45. The summed E-state index contributed by atoms with van der Waals surface area (Å²) in [5.74, 6) is -3.13. The van der Waals surface area contributed by atoms with E-state index in [1.54, 1.807) is 6.92 Å². The van der Waals surface area contributed by atoms with Gasteiger partial charge in [-0.1, -0.05) is 20.3 Å². The zero-order valence-corrected chi connectivity index (χ0v) is 12.9. The molecule has 0 heterocycles. The quantitative estimate of drug-likeness (QED) is 0.741. The summed E-state index contributed by atoms with van der Waals surface area (Å²) >= 11 is 0. The van der Waals surface area contributed by atoms with Crippen molar-refractivity contribution in [2.75, 3.05) is 0 Å². The highest BCUT2D eigenvalue weighted by Gasteiger charge is 2.38. The van der Waals surface area contributed by atoms with E-state index in [0.717, 1.165) is 0 Å². The molecule has 136 valence electrons. The van der Waals surface area contributed by atoms with Crippen LogP contribution in [0.1, 0.15) is 42.6 Å². The van der Waals surface area contributed by atoms with Crippen molar-refractivity contribution >= 4 is 5.91 Å². The van der Waals surface area contributed by atoms with Crippen LogP contribution in [0.4, 0.5) is 30.7 Å². The van der Waals surface area contributed by atoms with E-state index >= 15 is 0 Å². The highest BCUT2D eigenvalue weighted by atomic mass is 19.4. The molecule has 1 aromatic carbocycles. The Morgan fingerprint density at radius 2 is 1.75 bits per heavy atom. The number of nitrogens with one attached hydrogen (secondary N) is 1. The second-order valence-electron chi connectivity index (χ2n) is 5.47. The summed E-state index contributed by atoms with van der Waals surface area (Å²) in [6, 6.07) is 0.00586. The third-order valence-electron chi connectivity index (χ3n) is 3.63. The fourth-order valence-electron chi connectivity index (χ4n) is 2.12. The molecule has 0 bridgehead atoms. The maximum Gasteiger partial charge on any atom is 0.417 e. The molecule has 0 fully saturated rings. The van der Waals surface area contributed by atoms with Crippen LogP contribution in [-0.2, 0) is 6.18 Å². The third kappa shape index (κ3) is 5.68. The first-order chi connectivity index (χ1) is 10.8. The van der Waals surface area contributed by atoms with Gasteiger partial charge in [-0.15, -0.1) is 0 Å². The molecule has 0 aromatic heterocycles. The Balaban J connectivity index is 3.12. The van der Waals surface area contributed by atoms with Crippen LogP contribution in [0, 0.1) is 11.7 Å². The van der Waals surface area contributed by atoms with Gasteiger partial charge in [-0.05, 0) is 24.1 Å². The minimum Gasteiger partial charge on any atom is -0.349 e. The SMILES string of the molecule is CCC(C)[C@@H](CC(F)(F)F)NC(=O)c1ccc(F)cc1C(F)(F)F. The molecule has 0 saturated carbocycles. The normalized spacial score (nSPS) is 15.0. The van der Waals surface area contributed by atoms with Crippen LogP contribution in [0.15, 0.2) is 18.2 Å². The van der Waals surface area contributed by atoms with E-state index in [9.17, 15) is 35.5 Å². The maximum atomic E-state index is 13.0. The molecule has 0 aliphatic rings. The van der Waals surface area contributed by atoms with E-state index in [1.165, 1.54) is 6.92 Å². The fraction of sp³-hybridized carbons (Fsp3) is 0.533. The van der Waals surface area contributed by atoms with Crippen LogP contribution < -0.4 is 5.32 Å². The maximum absolute atomic E-state index is 13.0. The Morgan fingerprint density at radius 3 is 2.21 bits per heavy atom. The van der Waals surface area contributed by atoms with Gasteiger partial charge in [0.25, 0.3) is 5.91 Å². The first-order valence-electron chi connectivity index (χ1n) is 7.09. The van der Waals surface area contributed by atoms with E-state index < -0.39 is 53.6 Å². The molecule has 0 radical (unpaired) electrons. The molecule has 1 rings (SSSR count). The van der Waals surface area contributed by atoms with Gasteiger partial charge >= 0.3 is 12.4 Å². The topological polar surface area (TPSA) is 29.1 Å². The van der Waals surface area contributed by atoms with Gasteiger partial charge in [0.2, 0.25) is 0 Å². The summed E-state index contributed by atoms with van der Waals surface area (Å²) in [6.07, 6.45) is -10.7. The molecule has 0 spiro atoms. The minimum absolute atomic E-state index is 0.136. The Bertz CT molecular complexity index is 580. The molecule has 24 heavy (non-hydrogen) atoms. The summed E-state index contributed by atoms with van der Waals surface area (Å²) in [7, 11) is 0. The number of rotatable bonds is 5. The second-order valence-corrected chi connectivity index (χ2v) is 5.47. The second kappa shape index (κ2) is 7.40. The van der Waals surface area contributed by atoms with E-state index in [-0.39, 0.29) is 12.5 Å². The Hall–Kier alpha value is -1.80. The summed E-state index contributed by atoms with van der Waals surface area (Å²) < 4.78 is 89.5. The first-order valence-corrected chi connectivity index (χ1v) is 7.09. The van der Waals surface area contributed by atoms with Crippen molar-refractivity contribution in [1.82, 2.24) is 5.32 Å². The largest absolute Gasteiger partial charge is 0.417 e. The molecule has 0 aliphatic carbocycles. The van der Waals surface area contributed by atoms with Crippen LogP contribution in [-0.4, -0.2) is 18.1 Å². The predicted octanol–water partition coefficient (Wildman–Crippen LogP) is 4.94. The first kappa shape index (κ1) is 20.2. The average Bonchev–Trinajstić information content (AvgIpc) is 2.43. The van der Waals surface area contributed by atoms with Gasteiger partial charge in [0, 0.05) is 6.04 Å². The smallest absolute Gasteiger partial charge is 0.349 e. The van der Waals surface area contributed by atoms with Crippen molar-refractivity contribution in [1.29, 1.82) is 0 Å². The number of hydrogen-bond donors (Lipinski definition) is 1. The van der Waals surface area contributed by atoms with Crippen LogP contribution in [0.25, 0.3) is 0 Å². The van der Waals surface area contributed by atoms with Gasteiger partial charge < -0.3 is 5.32 Å². The lowest BCUT2D eigenvalue weighted by Crippen LogP contribution is -2.42. The Kier molecular flexibility index (Phi) is 6.24. The monoisotopic (exact) mass is 359 g/mol. The molecule has 2 atom stereocenters. The van der Waals surface area contributed by atoms with Crippen molar-refractivity contribution in [3.8, 4) is 0 Å². The molecule has 2 nitrogen and oxygen atoms in total. The lowest BCUT2D eigenvalue weighted by Gasteiger charge is -2.26. The number of alkyl halides is 6. The standard InChI is InChI=1S/C15H16F7NO/c1-3-8(2)12(7-14(17,18)19)23-13(24)10-5-4-9(16)6-11(10)15(20,21)22/h4-6,8,12H,3,7H2,1-2H3,(H,23,24)/t8?,12-/m1/s1. The lowest BCUT2D eigenvalue weighted by molar-refractivity contribution is -0.142. The molecule has 1 N–H and O–H groups in total. The number of halogens is 7. The van der Waals surface area contributed by atoms with Gasteiger partial charge in [0.15, 0.2) is 0 Å². The highest BCUT2D eigenvalue weighted by molar-refractivity contribution is 5.96. The molecular weight excluding hydrogens is 343 g/mol. The van der Waals surface area contributed by atoms with Crippen molar-refractivity contribution in [3.63, 3.8) is 0 Å². The van der Waals surface area contributed by atoms with Crippen molar-refractivity contribution < 1.29 is 35.5 Å². The number of carbonyl (C=O) groups is 1. The summed E-state index contributed by atoms with van der Waals surface area (Å²) in [5, 5.41) is 1.99. The summed E-state index contributed by atoms with van der Waals surface area (Å²) in [4.78, 5) is 12.0. The fourth-order valence-corrected chi connectivity index (χ4v) is 2.12. The molecular formula is C15H16F7NO. The summed E-state index contributed by atoms with van der Waals surface area (Å²) in [6.45, 7) is 3.05. The zero-order chi connectivity index (χ0) is 18.7. The average molecular weight is 359 g/mol. The highest BCUT2D eigenvalue weighted by Crippen LogP contribution is 2.33. The van der Waals surface area contributed by atoms with Gasteiger partial charge in [-0.2, -0.15) is 26.3 Å². The van der Waals surface area contributed by atoms with Crippen LogP contribution >= 0.6 is 0 Å². The molecule has 0 saturated heterocycles. The third-order valence-corrected chi connectivity index (χ3v) is 3.63. The molecule has 1 unspecified atom stereocenters. The molecule has 1 aromatic rings. The van der Waals surface area contributed by atoms with Crippen molar-refractivity contribution in [3.05, 3.63) is 35.1 Å². The molecule has 0 aliphatic heterocycles. The van der Waals surface area contributed by atoms with Crippen molar-refractivity contribution in [2.45, 2.75) is 45.1 Å². The van der Waals surface area contributed by atoms with E-state index in [0.29, 0.717) is 12.1 Å². The van der Waals surface area contributed by atoms with Gasteiger partial charge in [0.1, 0.15) is 5.82 Å². The van der Waals surface area contributed by atoms with E-state index in [4.69, 9.17) is 0 Å². The van der Waals surface area contributed by atoms with Gasteiger partial charge in [0.05, 0.1) is 17.5 Å². The van der Waals surface area contributed by atoms with Crippen molar-refractivity contribution in [2.24, 2.45) is 5.92 Å². The number of amides is 1. The van der Waals surface area contributed by atoms with Gasteiger partial charge in [-0.25, -0.2) is 4.39 Å². The number of benzene rings is 1. The Labute approximate surface area is 134 Å². The lowest BCUT2D eigenvalue weighted by atomic mass is 9.95. The minimum atomic E-state index is -5.01.